The third kappa shape index (κ3) is 7.05. The van der Waals surface area contributed by atoms with Crippen LogP contribution >= 0.6 is 0 Å². The number of carbonyl (C=O) groups is 3. The van der Waals surface area contributed by atoms with Gasteiger partial charge in [0.05, 0.1) is 0 Å². The molecule has 0 heterocycles. The molecule has 0 spiro atoms. The number of anilines is 2. The quantitative estimate of drug-likeness (QED) is 0.415. The number of amides is 2. The van der Waals surface area contributed by atoms with Crippen molar-refractivity contribution in [1.29, 1.82) is 5.26 Å². The minimum absolute atomic E-state index is 0.0752. The average molecular weight is 358 g/mol. The molecule has 0 saturated heterocycles. The van der Waals surface area contributed by atoms with Gasteiger partial charge in [-0.2, -0.15) is 5.26 Å². The zero-order valence-electron chi connectivity index (χ0n) is 14.9. The van der Waals surface area contributed by atoms with Crippen molar-refractivity contribution < 1.29 is 19.5 Å². The summed E-state index contributed by atoms with van der Waals surface area (Å²) >= 11 is 0. The number of nitrogens with one attached hydrogen (secondary N) is 3. The van der Waals surface area contributed by atoms with E-state index in [1.165, 1.54) is 13.1 Å². The molecule has 1 unspecified atom stereocenters. The van der Waals surface area contributed by atoms with Gasteiger partial charge in [-0.25, -0.2) is 4.79 Å². The molecule has 8 heteroatoms. The smallest absolute Gasteiger partial charge is 0.326 e. The molecule has 0 radical (unpaired) electrons. The van der Waals surface area contributed by atoms with Crippen LogP contribution in [0.3, 0.4) is 0 Å². The molecule has 0 aliphatic heterocycles. The third-order valence-corrected chi connectivity index (χ3v) is 3.26. The molecule has 0 saturated carbocycles. The predicted octanol–water partition coefficient (Wildman–Crippen LogP) is 2.08. The van der Waals surface area contributed by atoms with Crippen LogP contribution in [0.1, 0.15) is 27.2 Å². The number of hydrogen-bond acceptors (Lipinski definition) is 5. The van der Waals surface area contributed by atoms with Gasteiger partial charge in [-0.1, -0.05) is 13.8 Å². The fourth-order valence-electron chi connectivity index (χ4n) is 2.09. The number of hydrogen-bond donors (Lipinski definition) is 4. The van der Waals surface area contributed by atoms with E-state index in [0.29, 0.717) is 11.4 Å². The molecule has 0 aliphatic rings. The number of rotatable bonds is 8. The highest BCUT2D eigenvalue weighted by Gasteiger charge is 2.22. The first kappa shape index (κ1) is 20.7. The maximum absolute atomic E-state index is 12.1. The van der Waals surface area contributed by atoms with Crippen LogP contribution in [0.5, 0.6) is 0 Å². The van der Waals surface area contributed by atoms with E-state index < -0.39 is 17.9 Å². The molecular formula is C18H22N4O4. The lowest BCUT2D eigenvalue weighted by Gasteiger charge is -2.16. The Kier molecular flexibility index (Phi) is 7.83. The van der Waals surface area contributed by atoms with E-state index >= 15 is 0 Å². The molecule has 4 N–H and O–H groups in total. The van der Waals surface area contributed by atoms with Gasteiger partial charge < -0.3 is 21.1 Å². The highest BCUT2D eigenvalue weighted by Crippen LogP contribution is 2.14. The fraction of sp³-hybridized carbons (Fsp3) is 0.333. The topological polar surface area (TPSA) is 131 Å². The van der Waals surface area contributed by atoms with Gasteiger partial charge in [-0.05, 0) is 36.6 Å². The first-order valence-electron chi connectivity index (χ1n) is 8.01. The summed E-state index contributed by atoms with van der Waals surface area (Å²) in [6, 6.07) is 7.32. The van der Waals surface area contributed by atoms with E-state index in [9.17, 15) is 14.4 Å². The van der Waals surface area contributed by atoms with Crippen LogP contribution < -0.4 is 16.0 Å². The molecule has 1 aromatic rings. The van der Waals surface area contributed by atoms with E-state index in [0.717, 1.165) is 0 Å². The second-order valence-corrected chi connectivity index (χ2v) is 6.07. The summed E-state index contributed by atoms with van der Waals surface area (Å²) in [5.74, 6) is -2.02. The van der Waals surface area contributed by atoms with Gasteiger partial charge >= 0.3 is 5.97 Å². The van der Waals surface area contributed by atoms with Crippen LogP contribution in [0.4, 0.5) is 11.4 Å². The summed E-state index contributed by atoms with van der Waals surface area (Å²) in [5.41, 5.74) is 0.964. The van der Waals surface area contributed by atoms with Gasteiger partial charge in [-0.15, -0.1) is 0 Å². The van der Waals surface area contributed by atoms with Crippen molar-refractivity contribution in [3.63, 3.8) is 0 Å². The van der Waals surface area contributed by atoms with Gasteiger partial charge in [0.2, 0.25) is 5.91 Å². The Labute approximate surface area is 151 Å². The lowest BCUT2D eigenvalue weighted by Crippen LogP contribution is -2.42. The molecule has 1 atom stereocenters. The number of nitriles is 1. The lowest BCUT2D eigenvalue weighted by atomic mass is 10.0. The first-order valence-corrected chi connectivity index (χ1v) is 8.01. The standard InChI is InChI=1S/C18H22N4O4/c1-11(2)8-16(18(25)26)22-17(24)13(9-19)10-20-14-4-6-15(7-5-14)21-12(3)23/h4-7,10-11,16,20H,8H2,1-3H3,(H,21,23)(H,22,24)(H,25,26)/b13-10-. The highest BCUT2D eigenvalue weighted by molar-refractivity contribution is 5.99. The van der Waals surface area contributed by atoms with E-state index in [4.69, 9.17) is 10.4 Å². The number of carbonyl (C=O) groups excluding carboxylic acids is 2. The summed E-state index contributed by atoms with van der Waals surface area (Å²) < 4.78 is 0. The fourth-order valence-corrected chi connectivity index (χ4v) is 2.09. The van der Waals surface area contributed by atoms with Crippen molar-refractivity contribution in [3.8, 4) is 6.07 Å². The molecule has 0 aliphatic carbocycles. The number of aliphatic carboxylic acids is 1. The largest absolute Gasteiger partial charge is 0.480 e. The normalized spacial score (nSPS) is 12.0. The summed E-state index contributed by atoms with van der Waals surface area (Å²) in [5, 5.41) is 26.1. The molecular weight excluding hydrogens is 336 g/mol. The second-order valence-electron chi connectivity index (χ2n) is 6.07. The van der Waals surface area contributed by atoms with Crippen LogP contribution in [0.15, 0.2) is 36.0 Å². The second kappa shape index (κ2) is 9.84. The Bertz CT molecular complexity index is 733. The molecule has 138 valence electrons. The van der Waals surface area contributed by atoms with Gasteiger partial charge in [0.15, 0.2) is 0 Å². The number of carboxylic acid groups (broad SMARTS) is 1. The Morgan fingerprint density at radius 1 is 1.19 bits per heavy atom. The zero-order chi connectivity index (χ0) is 19.7. The lowest BCUT2D eigenvalue weighted by molar-refractivity contribution is -0.141. The molecule has 8 nitrogen and oxygen atoms in total. The van der Waals surface area contributed by atoms with Crippen LogP contribution in [0.2, 0.25) is 0 Å². The molecule has 2 amide bonds. The number of carboxylic acids is 1. The summed E-state index contributed by atoms with van der Waals surface area (Å²) in [6.07, 6.45) is 1.47. The van der Waals surface area contributed by atoms with Crippen LogP contribution in [-0.2, 0) is 14.4 Å². The zero-order valence-corrected chi connectivity index (χ0v) is 14.9. The summed E-state index contributed by atoms with van der Waals surface area (Å²) in [4.78, 5) is 34.3. The van der Waals surface area contributed by atoms with Gasteiger partial charge in [-0.3, -0.25) is 9.59 Å². The minimum Gasteiger partial charge on any atom is -0.480 e. The van der Waals surface area contributed by atoms with Crippen LogP contribution in [0.25, 0.3) is 0 Å². The van der Waals surface area contributed by atoms with Gasteiger partial charge in [0, 0.05) is 24.5 Å². The number of nitrogens with zero attached hydrogens (tertiary/aromatic N) is 1. The first-order chi connectivity index (χ1) is 12.2. The minimum atomic E-state index is -1.15. The van der Waals surface area contributed by atoms with Crippen molar-refractivity contribution in [1.82, 2.24) is 5.32 Å². The van der Waals surface area contributed by atoms with E-state index in [2.05, 4.69) is 16.0 Å². The molecule has 0 aromatic heterocycles. The number of benzene rings is 1. The van der Waals surface area contributed by atoms with E-state index in [1.54, 1.807) is 30.3 Å². The summed E-state index contributed by atoms with van der Waals surface area (Å²) in [7, 11) is 0. The molecule has 1 rings (SSSR count). The van der Waals surface area contributed by atoms with Crippen molar-refractivity contribution in [2.24, 2.45) is 5.92 Å². The predicted molar refractivity (Wildman–Crippen MR) is 97.1 cm³/mol. The Balaban J connectivity index is 2.77. The average Bonchev–Trinajstić information content (AvgIpc) is 2.55. The van der Waals surface area contributed by atoms with Crippen molar-refractivity contribution in [2.45, 2.75) is 33.2 Å². The van der Waals surface area contributed by atoms with Crippen LogP contribution in [0, 0.1) is 17.2 Å². The van der Waals surface area contributed by atoms with E-state index in [-0.39, 0.29) is 23.8 Å². The van der Waals surface area contributed by atoms with Crippen molar-refractivity contribution >= 4 is 29.2 Å². The third-order valence-electron chi connectivity index (χ3n) is 3.26. The Morgan fingerprint density at radius 3 is 2.23 bits per heavy atom. The highest BCUT2D eigenvalue weighted by atomic mass is 16.4. The molecule has 26 heavy (non-hydrogen) atoms. The Hall–Kier alpha value is -3.34. The van der Waals surface area contributed by atoms with E-state index in [1.807, 2.05) is 13.8 Å². The SMILES string of the molecule is CC(=O)Nc1ccc(N/C=C(/C#N)C(=O)NC(CC(C)C)C(=O)O)cc1. The van der Waals surface area contributed by atoms with Gasteiger partial charge in [0.25, 0.3) is 5.91 Å². The molecule has 0 fully saturated rings. The molecule has 1 aromatic carbocycles. The van der Waals surface area contributed by atoms with Crippen molar-refractivity contribution in [2.75, 3.05) is 10.6 Å². The molecule has 0 bridgehead atoms. The summed E-state index contributed by atoms with van der Waals surface area (Å²) in [6.45, 7) is 5.08. The maximum Gasteiger partial charge on any atom is 0.326 e. The maximum atomic E-state index is 12.1. The van der Waals surface area contributed by atoms with Crippen LogP contribution in [-0.4, -0.2) is 28.9 Å². The van der Waals surface area contributed by atoms with Gasteiger partial charge in [0.1, 0.15) is 17.7 Å². The Morgan fingerprint density at radius 2 is 1.77 bits per heavy atom. The van der Waals surface area contributed by atoms with Crippen molar-refractivity contribution in [3.05, 3.63) is 36.0 Å². The monoisotopic (exact) mass is 358 g/mol.